The topological polar surface area (TPSA) is 97.3 Å². The summed E-state index contributed by atoms with van der Waals surface area (Å²) in [5, 5.41) is 0. The number of hydrogen-bond donors (Lipinski definition) is 1. The van der Waals surface area contributed by atoms with E-state index in [9.17, 15) is 4.79 Å². The fourth-order valence-corrected chi connectivity index (χ4v) is 3.61. The average molecular weight is 678 g/mol. The third-order valence-corrected chi connectivity index (χ3v) is 5.33. The largest absolute Gasteiger partial charge is 0.352 e. The smallest absolute Gasteiger partial charge is 0.182 e. The van der Waals surface area contributed by atoms with Gasteiger partial charge in [0, 0.05) is 58.0 Å². The molecule has 7 nitrogen and oxygen atoms in total. The van der Waals surface area contributed by atoms with Crippen molar-refractivity contribution in [2.45, 2.75) is 0 Å². The van der Waals surface area contributed by atoms with Crippen molar-refractivity contribution in [2.24, 2.45) is 0 Å². The van der Waals surface area contributed by atoms with Gasteiger partial charge in [-0.05, 0) is 60.7 Å². The molecule has 0 aliphatic heterocycles. The monoisotopic (exact) mass is 677 g/mol. The Hall–Kier alpha value is -4.61. The van der Waals surface area contributed by atoms with E-state index in [0.29, 0.717) is 11.4 Å². The van der Waals surface area contributed by atoms with Crippen LogP contribution in [-0.4, -0.2) is 29.9 Å². The number of aromatic nitrogens is 6. The molecule has 0 aliphatic rings. The maximum atomic E-state index is 11.8. The second-order valence-electron chi connectivity index (χ2n) is 7.91. The van der Waals surface area contributed by atoms with Gasteiger partial charge in [0.2, 0.25) is 0 Å². The van der Waals surface area contributed by atoms with Gasteiger partial charge in [-0.1, -0.05) is 30.3 Å². The van der Waals surface area contributed by atoms with Crippen LogP contribution < -0.4 is 5.43 Å². The summed E-state index contributed by atoms with van der Waals surface area (Å²) in [5.74, 6) is 0. The van der Waals surface area contributed by atoms with Crippen molar-refractivity contribution in [2.75, 3.05) is 0 Å². The van der Waals surface area contributed by atoms with E-state index in [-0.39, 0.29) is 26.5 Å². The number of pyridine rings is 6. The molecular formula is C30H22N6OPt. The fraction of sp³-hybridized carbons (Fsp3) is 0. The molecule has 0 saturated heterocycles. The first-order valence-corrected chi connectivity index (χ1v) is 11.6. The Labute approximate surface area is 234 Å². The fourth-order valence-electron chi connectivity index (χ4n) is 3.61. The molecule has 6 rings (SSSR count). The number of hydrogen-bond acceptors (Lipinski definition) is 6. The Morgan fingerprint density at radius 1 is 0.447 bits per heavy atom. The van der Waals surface area contributed by atoms with Crippen molar-refractivity contribution in [3.63, 3.8) is 0 Å². The maximum absolute atomic E-state index is 11.8. The molecule has 6 aromatic heterocycles. The molecular weight excluding hydrogens is 655 g/mol. The molecule has 0 aromatic carbocycles. The summed E-state index contributed by atoms with van der Waals surface area (Å²) in [4.78, 5) is 36.6. The van der Waals surface area contributed by atoms with Gasteiger partial charge in [-0.3, -0.25) is 24.7 Å². The average Bonchev–Trinajstić information content (AvgIpc) is 2.99. The molecule has 0 unspecified atom stereocenters. The molecule has 0 bridgehead atoms. The third-order valence-electron chi connectivity index (χ3n) is 5.33. The minimum atomic E-state index is -0.0694. The van der Waals surface area contributed by atoms with E-state index in [1.165, 1.54) is 12.1 Å². The van der Waals surface area contributed by atoms with Crippen LogP contribution in [0.1, 0.15) is 0 Å². The van der Waals surface area contributed by atoms with Gasteiger partial charge in [0.15, 0.2) is 5.43 Å². The summed E-state index contributed by atoms with van der Waals surface area (Å²) in [6.45, 7) is 0. The number of aromatic amines is 1. The van der Waals surface area contributed by atoms with Crippen LogP contribution in [0, 0.1) is 0 Å². The second kappa shape index (κ2) is 13.1. The normalized spacial score (nSPS) is 10.0. The van der Waals surface area contributed by atoms with Gasteiger partial charge in [0.25, 0.3) is 0 Å². The molecule has 0 saturated carbocycles. The summed E-state index contributed by atoms with van der Waals surface area (Å²) >= 11 is 0. The first kappa shape index (κ1) is 26.5. The minimum absolute atomic E-state index is 0. The van der Waals surface area contributed by atoms with Crippen molar-refractivity contribution in [3.8, 4) is 45.6 Å². The molecule has 38 heavy (non-hydrogen) atoms. The van der Waals surface area contributed by atoms with Crippen LogP contribution in [-0.2, 0) is 21.1 Å². The number of nitrogens with one attached hydrogen (secondary N) is 1. The van der Waals surface area contributed by atoms with Crippen LogP contribution in [0.2, 0.25) is 0 Å². The van der Waals surface area contributed by atoms with E-state index in [0.717, 1.165) is 34.2 Å². The van der Waals surface area contributed by atoms with Crippen molar-refractivity contribution in [1.82, 2.24) is 29.9 Å². The van der Waals surface area contributed by atoms with E-state index in [1.54, 1.807) is 24.8 Å². The van der Waals surface area contributed by atoms with Crippen LogP contribution in [0.3, 0.4) is 0 Å². The van der Waals surface area contributed by atoms with Crippen molar-refractivity contribution >= 4 is 0 Å². The van der Waals surface area contributed by atoms with Gasteiger partial charge < -0.3 is 4.98 Å². The molecule has 1 N–H and O–H groups in total. The summed E-state index contributed by atoms with van der Waals surface area (Å²) in [7, 11) is 0. The molecule has 8 heteroatoms. The van der Waals surface area contributed by atoms with E-state index < -0.39 is 0 Å². The van der Waals surface area contributed by atoms with Crippen molar-refractivity contribution in [3.05, 3.63) is 138 Å². The van der Waals surface area contributed by atoms with Gasteiger partial charge in [0.1, 0.15) is 0 Å². The zero-order chi connectivity index (χ0) is 25.3. The molecule has 6 aromatic rings. The molecule has 0 fully saturated rings. The Kier molecular flexibility index (Phi) is 9.11. The molecule has 0 spiro atoms. The summed E-state index contributed by atoms with van der Waals surface area (Å²) in [5.41, 5.74) is 6.24. The van der Waals surface area contributed by atoms with E-state index in [1.807, 2.05) is 91.0 Å². The standard InChI is InChI=1S/C15H11N3O.C15H11N3.Pt/c19-11-9-14(12-5-1-3-7-16-12)18-15(10-11)13-6-2-4-8-17-13;1-3-10-16-12(6-1)14-8-5-9-15(18-14)13-7-2-4-11-17-13;/h1-10H,(H,18,19);1-11H;. The van der Waals surface area contributed by atoms with Gasteiger partial charge in [0.05, 0.1) is 45.6 Å². The summed E-state index contributed by atoms with van der Waals surface area (Å²) < 4.78 is 0. The van der Waals surface area contributed by atoms with Crippen LogP contribution in [0.5, 0.6) is 0 Å². The SMILES string of the molecule is O=c1cc(-c2ccccn2)[nH]c(-c2ccccn2)c1.[Pt].c1ccc(-c2cccc(-c3ccccn3)n2)nc1. The zero-order valence-electron chi connectivity index (χ0n) is 20.1. The molecule has 0 atom stereocenters. The predicted molar refractivity (Wildman–Crippen MR) is 144 cm³/mol. The van der Waals surface area contributed by atoms with Gasteiger partial charge in [-0.2, -0.15) is 0 Å². The maximum Gasteiger partial charge on any atom is 0.182 e. The third kappa shape index (κ3) is 6.78. The number of nitrogens with zero attached hydrogens (tertiary/aromatic N) is 5. The minimum Gasteiger partial charge on any atom is -0.352 e. The van der Waals surface area contributed by atoms with E-state index in [2.05, 4.69) is 29.9 Å². The van der Waals surface area contributed by atoms with Gasteiger partial charge in [-0.15, -0.1) is 0 Å². The Bertz CT molecular complexity index is 1510. The Balaban J connectivity index is 0.000000173. The number of rotatable bonds is 4. The molecule has 188 valence electrons. The molecule has 0 amide bonds. The van der Waals surface area contributed by atoms with Crippen LogP contribution in [0.25, 0.3) is 45.6 Å². The van der Waals surface area contributed by atoms with Gasteiger partial charge >= 0.3 is 0 Å². The quantitative estimate of drug-likeness (QED) is 0.257. The first-order valence-electron chi connectivity index (χ1n) is 11.6. The first-order chi connectivity index (χ1) is 18.3. The van der Waals surface area contributed by atoms with Crippen molar-refractivity contribution < 1.29 is 21.1 Å². The Morgan fingerprint density at radius 2 is 0.816 bits per heavy atom. The summed E-state index contributed by atoms with van der Waals surface area (Å²) in [6.07, 6.45) is 6.93. The second-order valence-corrected chi connectivity index (χ2v) is 7.91. The van der Waals surface area contributed by atoms with Crippen LogP contribution in [0.4, 0.5) is 0 Å². The van der Waals surface area contributed by atoms with Crippen LogP contribution >= 0.6 is 0 Å². The van der Waals surface area contributed by atoms with E-state index >= 15 is 0 Å². The summed E-state index contributed by atoms with van der Waals surface area (Å²) in [6, 6.07) is 31.7. The number of H-pyrrole nitrogens is 1. The zero-order valence-corrected chi connectivity index (χ0v) is 22.4. The predicted octanol–water partition coefficient (Wildman–Crippen LogP) is 5.70. The van der Waals surface area contributed by atoms with Gasteiger partial charge in [-0.25, -0.2) is 4.98 Å². The molecule has 6 heterocycles. The molecule has 0 aliphatic carbocycles. The molecule has 0 radical (unpaired) electrons. The Morgan fingerprint density at radius 3 is 1.18 bits per heavy atom. The van der Waals surface area contributed by atoms with Crippen molar-refractivity contribution in [1.29, 1.82) is 0 Å². The van der Waals surface area contributed by atoms with E-state index in [4.69, 9.17) is 0 Å². The van der Waals surface area contributed by atoms with Crippen LogP contribution in [0.15, 0.2) is 133 Å².